The van der Waals surface area contributed by atoms with Crippen LogP contribution in [0.3, 0.4) is 0 Å². The third-order valence-corrected chi connectivity index (χ3v) is 2.84. The molecule has 0 aliphatic carbocycles. The van der Waals surface area contributed by atoms with Crippen LogP contribution in [0.25, 0.3) is 0 Å². The van der Waals surface area contributed by atoms with Crippen LogP contribution in [0.4, 0.5) is 0 Å². The second-order valence-corrected chi connectivity index (χ2v) is 3.98. The van der Waals surface area contributed by atoms with Gasteiger partial charge in [0.25, 0.3) is 0 Å². The van der Waals surface area contributed by atoms with Gasteiger partial charge in [0.05, 0.1) is 4.86 Å². The van der Waals surface area contributed by atoms with Gasteiger partial charge in [0.1, 0.15) is 5.75 Å². The molecule has 1 aliphatic rings. The molecular formula is C9H9NO3S. The van der Waals surface area contributed by atoms with Crippen molar-refractivity contribution in [2.75, 3.05) is 0 Å². The van der Waals surface area contributed by atoms with Crippen molar-refractivity contribution in [2.24, 2.45) is 5.73 Å². The number of rotatable bonds is 0. The van der Waals surface area contributed by atoms with E-state index in [1.165, 1.54) is 0 Å². The van der Waals surface area contributed by atoms with Crippen LogP contribution in [0.15, 0.2) is 24.3 Å². The molecule has 0 amide bonds. The lowest BCUT2D eigenvalue weighted by Crippen LogP contribution is -2.34. The summed E-state index contributed by atoms with van der Waals surface area (Å²) in [6.07, 6.45) is -0.342. The molecule has 1 atom stereocenters. The molecule has 1 heterocycles. The Morgan fingerprint density at radius 3 is 2.79 bits per heavy atom. The number of hydrogen-bond acceptors (Lipinski definition) is 4. The predicted molar refractivity (Wildman–Crippen MR) is 52.7 cm³/mol. The molecule has 4 nitrogen and oxygen atoms in total. The van der Waals surface area contributed by atoms with Crippen LogP contribution in [0, 0.1) is 0 Å². The van der Waals surface area contributed by atoms with E-state index in [4.69, 9.17) is 10.5 Å². The third-order valence-electron chi connectivity index (χ3n) is 2.05. The highest BCUT2D eigenvalue weighted by molar-refractivity contribution is 7.73. The predicted octanol–water partition coefficient (Wildman–Crippen LogP) is 0.153. The van der Waals surface area contributed by atoms with Crippen molar-refractivity contribution in [1.82, 2.24) is 0 Å². The topological polar surface area (TPSA) is 69.4 Å². The molecule has 1 aromatic carbocycles. The fourth-order valence-corrected chi connectivity index (χ4v) is 2.10. The van der Waals surface area contributed by atoms with E-state index < -0.39 is 16.5 Å². The van der Waals surface area contributed by atoms with Gasteiger partial charge in [0, 0.05) is 12.0 Å². The lowest BCUT2D eigenvalue weighted by Gasteiger charge is -2.22. The number of para-hydroxylation sites is 1. The number of ether oxygens (including phenoxy) is 1. The van der Waals surface area contributed by atoms with Crippen LogP contribution in [-0.2, 0) is 10.3 Å². The van der Waals surface area contributed by atoms with Crippen LogP contribution in [-0.4, -0.2) is 19.5 Å². The van der Waals surface area contributed by atoms with Gasteiger partial charge in [-0.3, -0.25) is 5.73 Å². The van der Waals surface area contributed by atoms with Gasteiger partial charge in [-0.15, -0.1) is 0 Å². The Morgan fingerprint density at radius 2 is 2.07 bits per heavy atom. The van der Waals surface area contributed by atoms with Gasteiger partial charge in [-0.1, -0.05) is 12.1 Å². The summed E-state index contributed by atoms with van der Waals surface area (Å²) >= 11 is 0. The average molecular weight is 211 g/mol. The highest BCUT2D eigenvalue weighted by Gasteiger charge is 2.22. The van der Waals surface area contributed by atoms with Gasteiger partial charge in [-0.05, 0) is 12.1 Å². The lowest BCUT2D eigenvalue weighted by molar-refractivity contribution is 0.211. The van der Waals surface area contributed by atoms with Crippen molar-refractivity contribution >= 4 is 15.2 Å². The van der Waals surface area contributed by atoms with Crippen molar-refractivity contribution in [3.05, 3.63) is 29.8 Å². The maximum absolute atomic E-state index is 10.9. The van der Waals surface area contributed by atoms with Crippen molar-refractivity contribution in [3.8, 4) is 5.75 Å². The van der Waals surface area contributed by atoms with Gasteiger partial charge < -0.3 is 4.74 Å². The van der Waals surface area contributed by atoms with Crippen molar-refractivity contribution in [1.29, 1.82) is 0 Å². The van der Waals surface area contributed by atoms with E-state index in [1.54, 1.807) is 24.3 Å². The number of hydrogen-bond donors (Lipinski definition) is 1. The second-order valence-electron chi connectivity index (χ2n) is 3.01. The highest BCUT2D eigenvalue weighted by Crippen LogP contribution is 2.25. The van der Waals surface area contributed by atoms with Gasteiger partial charge in [0.2, 0.25) is 10.3 Å². The van der Waals surface area contributed by atoms with E-state index in [0.29, 0.717) is 16.2 Å². The molecular weight excluding hydrogens is 202 g/mol. The SMILES string of the molecule is NC1CC(=S(=O)=O)c2ccccc2O1. The second kappa shape index (κ2) is 3.43. The van der Waals surface area contributed by atoms with Crippen molar-refractivity contribution < 1.29 is 13.2 Å². The van der Waals surface area contributed by atoms with E-state index in [2.05, 4.69) is 0 Å². The minimum Gasteiger partial charge on any atom is -0.475 e. The van der Waals surface area contributed by atoms with Crippen LogP contribution < -0.4 is 10.5 Å². The fraction of sp³-hybridized carbons (Fsp3) is 0.222. The summed E-state index contributed by atoms with van der Waals surface area (Å²) in [5, 5.41) is 0. The number of fused-ring (bicyclic) bond motifs is 1. The van der Waals surface area contributed by atoms with Gasteiger partial charge in [-0.2, -0.15) is 8.42 Å². The van der Waals surface area contributed by atoms with Gasteiger partial charge in [-0.25, -0.2) is 0 Å². The molecule has 1 aliphatic heterocycles. The quantitative estimate of drug-likeness (QED) is 0.620. The van der Waals surface area contributed by atoms with E-state index in [1.807, 2.05) is 0 Å². The first-order valence-corrected chi connectivity index (χ1v) is 5.22. The Bertz CT molecular complexity index is 485. The van der Waals surface area contributed by atoms with Gasteiger partial charge >= 0.3 is 0 Å². The Morgan fingerprint density at radius 1 is 1.36 bits per heavy atom. The molecule has 2 N–H and O–H groups in total. The normalized spacial score (nSPS) is 19.8. The molecule has 0 fully saturated rings. The van der Waals surface area contributed by atoms with E-state index in [-0.39, 0.29) is 6.42 Å². The molecule has 14 heavy (non-hydrogen) atoms. The van der Waals surface area contributed by atoms with Crippen LogP contribution >= 0.6 is 0 Å². The largest absolute Gasteiger partial charge is 0.475 e. The first-order chi connectivity index (χ1) is 6.68. The Kier molecular flexibility index (Phi) is 2.26. The summed E-state index contributed by atoms with van der Waals surface area (Å²) in [6.45, 7) is 0. The number of benzene rings is 1. The standard InChI is InChI=1S/C9H9NO3S/c10-9-5-8(14(11)12)6-3-1-2-4-7(6)13-9/h1-4,9H,5,10H2. The molecule has 0 bridgehead atoms. The number of nitrogens with two attached hydrogens (primary N) is 1. The lowest BCUT2D eigenvalue weighted by atomic mass is 10.1. The van der Waals surface area contributed by atoms with Crippen LogP contribution in [0.1, 0.15) is 12.0 Å². The molecule has 1 aromatic rings. The minimum absolute atomic E-state index is 0.229. The van der Waals surface area contributed by atoms with E-state index in [9.17, 15) is 8.42 Å². The third kappa shape index (κ3) is 1.51. The zero-order valence-corrected chi connectivity index (χ0v) is 8.12. The first-order valence-electron chi connectivity index (χ1n) is 4.15. The zero-order valence-electron chi connectivity index (χ0n) is 7.30. The summed E-state index contributed by atoms with van der Waals surface area (Å²) in [5.41, 5.74) is 6.17. The molecule has 74 valence electrons. The van der Waals surface area contributed by atoms with Crippen molar-refractivity contribution in [2.45, 2.75) is 12.6 Å². The molecule has 0 aromatic heterocycles. The van der Waals surface area contributed by atoms with E-state index >= 15 is 0 Å². The maximum Gasteiger partial charge on any atom is 0.218 e. The van der Waals surface area contributed by atoms with Gasteiger partial charge in [0.15, 0.2) is 6.23 Å². The Balaban J connectivity index is 2.67. The maximum atomic E-state index is 10.9. The average Bonchev–Trinajstić information content (AvgIpc) is 2.16. The molecule has 0 saturated carbocycles. The summed E-state index contributed by atoms with van der Waals surface area (Å²) < 4.78 is 27.1. The smallest absolute Gasteiger partial charge is 0.218 e. The Labute approximate surface area is 82.8 Å². The molecule has 5 heteroatoms. The van der Waals surface area contributed by atoms with E-state index in [0.717, 1.165) is 0 Å². The first kappa shape index (κ1) is 9.23. The van der Waals surface area contributed by atoms with Crippen molar-refractivity contribution in [3.63, 3.8) is 0 Å². The zero-order chi connectivity index (χ0) is 10.1. The molecule has 0 spiro atoms. The summed E-state index contributed by atoms with van der Waals surface area (Å²) in [7, 11) is -2.23. The molecule has 2 rings (SSSR count). The Hall–Kier alpha value is -1.33. The minimum atomic E-state index is -2.23. The summed E-state index contributed by atoms with van der Waals surface area (Å²) in [5.74, 6) is 0.533. The molecule has 0 saturated heterocycles. The molecule has 1 unspecified atom stereocenters. The monoisotopic (exact) mass is 211 g/mol. The fourth-order valence-electron chi connectivity index (χ4n) is 1.46. The molecule has 0 radical (unpaired) electrons. The van der Waals surface area contributed by atoms with Crippen LogP contribution in [0.2, 0.25) is 0 Å². The summed E-state index contributed by atoms with van der Waals surface area (Å²) in [4.78, 5) is 0.319. The van der Waals surface area contributed by atoms with Crippen LogP contribution in [0.5, 0.6) is 5.75 Å². The summed E-state index contributed by atoms with van der Waals surface area (Å²) in [6, 6.07) is 6.97. The highest BCUT2D eigenvalue weighted by atomic mass is 32.2.